The standard InChI is InChI=1S/C23H25N3O3/c1-27-13-14-28-21-11-5-7-18(15-21)17-25-23(24)26-19-8-6-12-22(16-19)29-20-9-3-2-4-10-20/h2-12,15-16H,13-14,17H2,1H3,(H3,24,25,26). The van der Waals surface area contributed by atoms with Crippen LogP contribution in [0.3, 0.4) is 0 Å². The fourth-order valence-electron chi connectivity index (χ4n) is 2.60. The monoisotopic (exact) mass is 391 g/mol. The van der Waals surface area contributed by atoms with Gasteiger partial charge in [-0.05, 0) is 42.0 Å². The van der Waals surface area contributed by atoms with Crippen LogP contribution < -0.4 is 20.5 Å². The van der Waals surface area contributed by atoms with Gasteiger partial charge in [0.1, 0.15) is 23.9 Å². The molecule has 6 nitrogen and oxygen atoms in total. The topological polar surface area (TPSA) is 78.1 Å². The zero-order valence-electron chi connectivity index (χ0n) is 16.4. The molecule has 0 fully saturated rings. The van der Waals surface area contributed by atoms with Gasteiger partial charge in [0.25, 0.3) is 0 Å². The Kier molecular flexibility index (Phi) is 7.48. The SMILES string of the molecule is COCCOc1cccc(CN=C(N)Nc2cccc(Oc3ccccc3)c2)c1. The number of nitrogens with one attached hydrogen (secondary N) is 1. The van der Waals surface area contributed by atoms with E-state index in [0.717, 1.165) is 28.5 Å². The van der Waals surface area contributed by atoms with Crippen molar-refractivity contribution in [1.82, 2.24) is 0 Å². The van der Waals surface area contributed by atoms with Crippen molar-refractivity contribution in [2.75, 3.05) is 25.6 Å². The summed E-state index contributed by atoms with van der Waals surface area (Å²) < 4.78 is 16.4. The summed E-state index contributed by atoms with van der Waals surface area (Å²) in [6.07, 6.45) is 0. The van der Waals surface area contributed by atoms with Gasteiger partial charge in [0.15, 0.2) is 5.96 Å². The summed E-state index contributed by atoms with van der Waals surface area (Å²) in [5.41, 5.74) is 7.85. The first kappa shape index (κ1) is 20.2. The van der Waals surface area contributed by atoms with E-state index in [1.165, 1.54) is 0 Å². The fourth-order valence-corrected chi connectivity index (χ4v) is 2.60. The molecule has 0 aliphatic heterocycles. The molecule has 3 rings (SSSR count). The summed E-state index contributed by atoms with van der Waals surface area (Å²) in [6, 6.07) is 25.0. The minimum absolute atomic E-state index is 0.326. The molecule has 0 aromatic heterocycles. The molecule has 6 heteroatoms. The largest absolute Gasteiger partial charge is 0.491 e. The summed E-state index contributed by atoms with van der Waals surface area (Å²) in [6.45, 7) is 1.50. The predicted molar refractivity (Wildman–Crippen MR) is 116 cm³/mol. The maximum atomic E-state index is 6.04. The number of guanidine groups is 1. The van der Waals surface area contributed by atoms with Gasteiger partial charge in [-0.15, -0.1) is 0 Å². The first-order valence-electron chi connectivity index (χ1n) is 9.33. The number of nitrogens with zero attached hydrogens (tertiary/aromatic N) is 1. The van der Waals surface area contributed by atoms with Gasteiger partial charge in [-0.2, -0.15) is 0 Å². The van der Waals surface area contributed by atoms with E-state index in [9.17, 15) is 0 Å². The van der Waals surface area contributed by atoms with Gasteiger partial charge in [-0.3, -0.25) is 0 Å². The maximum absolute atomic E-state index is 6.04. The van der Waals surface area contributed by atoms with Gasteiger partial charge in [0, 0.05) is 18.9 Å². The minimum Gasteiger partial charge on any atom is -0.491 e. The van der Waals surface area contributed by atoms with E-state index < -0.39 is 0 Å². The van der Waals surface area contributed by atoms with Crippen LogP contribution in [0.2, 0.25) is 0 Å². The molecule has 0 unspecified atom stereocenters. The van der Waals surface area contributed by atoms with Crippen molar-refractivity contribution in [3.8, 4) is 17.2 Å². The number of rotatable bonds is 9. The molecule has 0 amide bonds. The van der Waals surface area contributed by atoms with E-state index in [4.69, 9.17) is 19.9 Å². The summed E-state index contributed by atoms with van der Waals surface area (Å²) in [5, 5.41) is 3.09. The Hall–Kier alpha value is -3.51. The van der Waals surface area contributed by atoms with Crippen LogP contribution in [0.4, 0.5) is 5.69 Å². The highest BCUT2D eigenvalue weighted by molar-refractivity contribution is 5.92. The molecule has 150 valence electrons. The number of anilines is 1. The highest BCUT2D eigenvalue weighted by atomic mass is 16.5. The molecular formula is C23H25N3O3. The van der Waals surface area contributed by atoms with Crippen LogP contribution in [0.5, 0.6) is 17.2 Å². The van der Waals surface area contributed by atoms with E-state index in [0.29, 0.717) is 25.7 Å². The zero-order chi connectivity index (χ0) is 20.3. The van der Waals surface area contributed by atoms with E-state index in [-0.39, 0.29) is 0 Å². The average molecular weight is 391 g/mol. The van der Waals surface area contributed by atoms with E-state index in [1.807, 2.05) is 78.9 Å². The normalized spacial score (nSPS) is 11.1. The number of hydrogen-bond acceptors (Lipinski definition) is 4. The second-order valence-electron chi connectivity index (χ2n) is 6.26. The molecule has 3 aromatic rings. The molecule has 0 bridgehead atoms. The maximum Gasteiger partial charge on any atom is 0.193 e. The van der Waals surface area contributed by atoms with Crippen LogP contribution in [0.1, 0.15) is 5.56 Å². The van der Waals surface area contributed by atoms with Gasteiger partial charge in [-0.25, -0.2) is 4.99 Å². The number of nitrogens with two attached hydrogens (primary N) is 1. The van der Waals surface area contributed by atoms with Crippen LogP contribution in [0.15, 0.2) is 83.9 Å². The molecular weight excluding hydrogens is 366 g/mol. The molecule has 3 aromatic carbocycles. The number of benzene rings is 3. The van der Waals surface area contributed by atoms with Crippen molar-refractivity contribution in [2.45, 2.75) is 6.54 Å². The Balaban J connectivity index is 1.57. The quantitative estimate of drug-likeness (QED) is 0.320. The lowest BCUT2D eigenvalue weighted by atomic mass is 10.2. The molecule has 0 saturated heterocycles. The summed E-state index contributed by atoms with van der Waals surface area (Å²) in [7, 11) is 1.65. The molecule has 0 atom stereocenters. The minimum atomic E-state index is 0.326. The van der Waals surface area contributed by atoms with Crippen LogP contribution >= 0.6 is 0 Å². The highest BCUT2D eigenvalue weighted by Crippen LogP contribution is 2.23. The van der Waals surface area contributed by atoms with Crippen LogP contribution in [0.25, 0.3) is 0 Å². The van der Waals surface area contributed by atoms with Crippen molar-refractivity contribution < 1.29 is 14.2 Å². The second kappa shape index (κ2) is 10.7. The van der Waals surface area contributed by atoms with Gasteiger partial charge in [0.2, 0.25) is 0 Å². The van der Waals surface area contributed by atoms with Crippen molar-refractivity contribution in [2.24, 2.45) is 10.7 Å². The number of ether oxygens (including phenoxy) is 3. The molecule has 3 N–H and O–H groups in total. The van der Waals surface area contributed by atoms with E-state index in [1.54, 1.807) is 7.11 Å². The predicted octanol–water partition coefficient (Wildman–Crippen LogP) is 4.43. The Morgan fingerprint density at radius 3 is 2.45 bits per heavy atom. The lowest BCUT2D eigenvalue weighted by Crippen LogP contribution is -2.22. The van der Waals surface area contributed by atoms with Gasteiger partial charge < -0.3 is 25.3 Å². The lowest BCUT2D eigenvalue weighted by Gasteiger charge is -2.10. The third-order valence-corrected chi connectivity index (χ3v) is 3.97. The third kappa shape index (κ3) is 6.86. The van der Waals surface area contributed by atoms with Crippen LogP contribution in [-0.4, -0.2) is 26.3 Å². The van der Waals surface area contributed by atoms with Gasteiger partial charge in [-0.1, -0.05) is 36.4 Å². The number of methoxy groups -OCH3 is 1. The zero-order valence-corrected chi connectivity index (χ0v) is 16.4. The molecule has 0 spiro atoms. The average Bonchev–Trinajstić information content (AvgIpc) is 2.74. The summed E-state index contributed by atoms with van der Waals surface area (Å²) in [4.78, 5) is 4.40. The first-order chi connectivity index (χ1) is 14.2. The number of hydrogen-bond donors (Lipinski definition) is 2. The van der Waals surface area contributed by atoms with Crippen molar-refractivity contribution in [1.29, 1.82) is 0 Å². The Bertz CT molecular complexity index is 929. The smallest absolute Gasteiger partial charge is 0.193 e. The summed E-state index contributed by atoms with van der Waals surface area (Å²) >= 11 is 0. The fraction of sp³-hybridized carbons (Fsp3) is 0.174. The Labute approximate surface area is 170 Å². The van der Waals surface area contributed by atoms with Crippen molar-refractivity contribution in [3.63, 3.8) is 0 Å². The molecule has 0 radical (unpaired) electrons. The lowest BCUT2D eigenvalue weighted by molar-refractivity contribution is 0.146. The number of para-hydroxylation sites is 1. The van der Waals surface area contributed by atoms with E-state index >= 15 is 0 Å². The molecule has 0 heterocycles. The molecule has 0 aliphatic carbocycles. The summed E-state index contributed by atoms with van der Waals surface area (Å²) in [5.74, 6) is 2.61. The second-order valence-corrected chi connectivity index (χ2v) is 6.26. The van der Waals surface area contributed by atoms with Crippen LogP contribution in [-0.2, 0) is 11.3 Å². The first-order valence-corrected chi connectivity index (χ1v) is 9.33. The Morgan fingerprint density at radius 1 is 0.862 bits per heavy atom. The molecule has 0 aliphatic rings. The van der Waals surface area contributed by atoms with Gasteiger partial charge >= 0.3 is 0 Å². The van der Waals surface area contributed by atoms with Crippen molar-refractivity contribution in [3.05, 3.63) is 84.4 Å². The molecule has 29 heavy (non-hydrogen) atoms. The third-order valence-electron chi connectivity index (χ3n) is 3.97. The van der Waals surface area contributed by atoms with E-state index in [2.05, 4.69) is 10.3 Å². The molecule has 0 saturated carbocycles. The van der Waals surface area contributed by atoms with Crippen molar-refractivity contribution >= 4 is 11.6 Å². The highest BCUT2D eigenvalue weighted by Gasteiger charge is 2.01. The van der Waals surface area contributed by atoms with Gasteiger partial charge in [0.05, 0.1) is 13.2 Å². The van der Waals surface area contributed by atoms with Crippen LogP contribution in [0, 0.1) is 0 Å². The Morgan fingerprint density at radius 2 is 1.62 bits per heavy atom. The number of aliphatic imine (C=N–C) groups is 1.